The summed E-state index contributed by atoms with van der Waals surface area (Å²) in [7, 11) is -4.27. The van der Waals surface area contributed by atoms with Crippen LogP contribution in [0, 0.1) is 12.8 Å². The molecule has 1 aliphatic heterocycles. The van der Waals surface area contributed by atoms with E-state index in [1.54, 1.807) is 23.5 Å². The molecule has 9 heteroatoms. The first-order chi connectivity index (χ1) is 22.9. The average Bonchev–Trinajstić information content (AvgIpc) is 3.75. The number of nitrogens with zero attached hydrogens (tertiary/aromatic N) is 1. The van der Waals surface area contributed by atoms with Crippen molar-refractivity contribution in [3.63, 3.8) is 0 Å². The van der Waals surface area contributed by atoms with Crippen molar-refractivity contribution in [2.45, 2.75) is 153 Å². The van der Waals surface area contributed by atoms with Crippen LogP contribution in [0.25, 0.3) is 0 Å². The van der Waals surface area contributed by atoms with Crippen LogP contribution in [0.15, 0.2) is 46.2 Å². The first-order valence-corrected chi connectivity index (χ1v) is 20.9. The van der Waals surface area contributed by atoms with Crippen LogP contribution < -0.4 is 4.57 Å². The Bertz CT molecular complexity index is 1080. The van der Waals surface area contributed by atoms with Crippen molar-refractivity contribution in [1.82, 2.24) is 0 Å². The molecule has 1 saturated heterocycles. The Hall–Kier alpha value is -1.36. The van der Waals surface area contributed by atoms with E-state index < -0.39 is 10.1 Å². The van der Waals surface area contributed by atoms with Crippen LogP contribution in [-0.2, 0) is 30.9 Å². The van der Waals surface area contributed by atoms with Crippen molar-refractivity contribution in [2.24, 2.45) is 5.92 Å². The minimum Gasteiger partial charge on any atom is -0.744 e. The molecule has 47 heavy (non-hydrogen) atoms. The Kier molecular flexibility index (Phi) is 24.4. The third kappa shape index (κ3) is 22.8. The van der Waals surface area contributed by atoms with Crippen LogP contribution >= 0.6 is 11.3 Å². The van der Waals surface area contributed by atoms with Gasteiger partial charge in [-0.1, -0.05) is 126 Å². The molecule has 1 aromatic carbocycles. The summed E-state index contributed by atoms with van der Waals surface area (Å²) in [6, 6.07) is 5.78. The summed E-state index contributed by atoms with van der Waals surface area (Å²) in [5, 5.41) is 2.14. The monoisotopic (exact) mass is 695 g/mol. The summed E-state index contributed by atoms with van der Waals surface area (Å²) in [6.45, 7) is 9.49. The maximum atomic E-state index is 10.4. The smallest absolute Gasteiger partial charge is 0.224 e. The van der Waals surface area contributed by atoms with Gasteiger partial charge in [0.25, 0.3) is 0 Å². The number of thiazole rings is 1. The molecule has 1 fully saturated rings. The van der Waals surface area contributed by atoms with Crippen molar-refractivity contribution in [3.8, 4) is 0 Å². The molecule has 0 spiro atoms. The minimum absolute atomic E-state index is 0.178. The van der Waals surface area contributed by atoms with Crippen LogP contribution in [0.5, 0.6) is 0 Å². The lowest BCUT2D eigenvalue weighted by atomic mass is 10.0. The van der Waals surface area contributed by atoms with Crippen LogP contribution in [0.1, 0.15) is 134 Å². The van der Waals surface area contributed by atoms with E-state index in [1.807, 2.05) is 6.92 Å². The molecule has 2 atom stereocenters. The van der Waals surface area contributed by atoms with E-state index in [2.05, 4.69) is 28.6 Å². The second-order valence-corrected chi connectivity index (χ2v) is 15.4. The normalized spacial score (nSPS) is 16.3. The van der Waals surface area contributed by atoms with Gasteiger partial charge in [-0.2, -0.15) is 4.57 Å². The highest BCUT2D eigenvalue weighted by Gasteiger charge is 2.25. The SMILES string of the molecule is CCCCCCCCCCCCCCCCOC[C@@H]1C[C@@H](COCCCCCC[n+]2ccsc2)CO1.Cc1ccc(S(=O)(=O)[O-])cc1. The summed E-state index contributed by atoms with van der Waals surface area (Å²) < 4.78 is 51.2. The van der Waals surface area contributed by atoms with Gasteiger partial charge >= 0.3 is 0 Å². The number of ether oxygens (including phenoxy) is 3. The first-order valence-electron chi connectivity index (χ1n) is 18.6. The summed E-state index contributed by atoms with van der Waals surface area (Å²) in [5.41, 5.74) is 3.11. The quantitative estimate of drug-likeness (QED) is 0.0526. The largest absolute Gasteiger partial charge is 0.744 e. The van der Waals surface area contributed by atoms with Gasteiger partial charge in [-0.3, -0.25) is 0 Å². The lowest BCUT2D eigenvalue weighted by molar-refractivity contribution is -0.692. The Morgan fingerprint density at radius 3 is 1.85 bits per heavy atom. The van der Waals surface area contributed by atoms with E-state index in [4.69, 9.17) is 14.2 Å². The summed E-state index contributed by atoms with van der Waals surface area (Å²) in [5.74, 6) is 0.551. The second-order valence-electron chi connectivity index (χ2n) is 13.2. The maximum Gasteiger partial charge on any atom is 0.224 e. The average molecular weight is 696 g/mol. The van der Waals surface area contributed by atoms with Crippen LogP contribution in [0.2, 0.25) is 0 Å². The van der Waals surface area contributed by atoms with Gasteiger partial charge in [0.2, 0.25) is 5.51 Å². The van der Waals surface area contributed by atoms with Crippen molar-refractivity contribution in [1.29, 1.82) is 0 Å². The zero-order valence-electron chi connectivity index (χ0n) is 29.6. The molecule has 0 bridgehead atoms. The van der Waals surface area contributed by atoms with Gasteiger partial charge in [-0.15, -0.1) is 0 Å². The zero-order valence-corrected chi connectivity index (χ0v) is 31.2. The molecule has 270 valence electrons. The number of aryl methyl sites for hydroxylation is 2. The fourth-order valence-corrected chi connectivity index (χ4v) is 6.92. The molecule has 0 unspecified atom stereocenters. The van der Waals surface area contributed by atoms with E-state index >= 15 is 0 Å². The van der Waals surface area contributed by atoms with Gasteiger partial charge in [0, 0.05) is 25.6 Å². The summed E-state index contributed by atoms with van der Waals surface area (Å²) in [6.07, 6.45) is 28.1. The Morgan fingerprint density at radius 1 is 0.787 bits per heavy atom. The lowest BCUT2D eigenvalue weighted by Gasteiger charge is -2.11. The van der Waals surface area contributed by atoms with E-state index in [9.17, 15) is 13.0 Å². The van der Waals surface area contributed by atoms with Gasteiger partial charge in [0.1, 0.15) is 16.7 Å². The third-order valence-corrected chi connectivity index (χ3v) is 10.3. The van der Waals surface area contributed by atoms with Crippen LogP contribution in [-0.4, -0.2) is 52.1 Å². The van der Waals surface area contributed by atoms with Gasteiger partial charge in [-0.25, -0.2) is 8.42 Å². The summed E-state index contributed by atoms with van der Waals surface area (Å²) >= 11 is 1.76. The molecule has 2 heterocycles. The maximum absolute atomic E-state index is 10.4. The highest BCUT2D eigenvalue weighted by Crippen LogP contribution is 2.21. The van der Waals surface area contributed by atoms with Gasteiger partial charge in [0.05, 0.1) is 36.2 Å². The van der Waals surface area contributed by atoms with Gasteiger partial charge < -0.3 is 18.8 Å². The van der Waals surface area contributed by atoms with Crippen LogP contribution in [0.3, 0.4) is 0 Å². The summed E-state index contributed by atoms with van der Waals surface area (Å²) in [4.78, 5) is -0.178. The number of hydrogen-bond acceptors (Lipinski definition) is 7. The van der Waals surface area contributed by atoms with Crippen LogP contribution in [0.4, 0.5) is 0 Å². The molecule has 0 radical (unpaired) electrons. The fourth-order valence-electron chi connectivity index (χ4n) is 5.82. The van der Waals surface area contributed by atoms with Gasteiger partial charge in [0.15, 0.2) is 6.20 Å². The molecular weight excluding hydrogens is 631 g/mol. The number of benzene rings is 1. The number of rotatable bonds is 27. The standard InChI is InChI=1S/C31H58NO3S.C7H8O3S/c1-2-3-4-5-6-7-8-9-10-11-12-13-15-18-23-34-28-31-25-30(27-35-31)26-33-22-19-16-14-17-20-32-21-24-36-29-32;1-6-2-4-7(5-3-6)11(8,9)10/h21,24,29-31H,2-20,22-23,25-28H2,1H3;2-5H,1H3,(H,8,9,10)/q+1;/p-1/t30-,31-;/m0./s1. The molecule has 3 rings (SSSR count). The number of hydrogen-bond donors (Lipinski definition) is 0. The molecule has 0 amide bonds. The fraction of sp³-hybridized carbons (Fsp3) is 0.763. The Labute approximate surface area is 291 Å². The topological polar surface area (TPSA) is 88.8 Å². The molecule has 0 aliphatic carbocycles. The van der Waals surface area contributed by atoms with Crippen molar-refractivity contribution < 1.29 is 31.7 Å². The van der Waals surface area contributed by atoms with E-state index in [0.29, 0.717) is 5.92 Å². The molecule has 1 aromatic heterocycles. The second kappa shape index (κ2) is 27.5. The van der Waals surface area contributed by atoms with Crippen molar-refractivity contribution >= 4 is 21.5 Å². The molecule has 0 N–H and O–H groups in total. The first kappa shape index (κ1) is 41.8. The molecule has 2 aromatic rings. The predicted molar refractivity (Wildman–Crippen MR) is 192 cm³/mol. The number of aromatic nitrogens is 1. The zero-order chi connectivity index (χ0) is 33.8. The molecule has 1 aliphatic rings. The minimum atomic E-state index is -4.27. The highest BCUT2D eigenvalue weighted by atomic mass is 32.2. The van der Waals surface area contributed by atoms with Gasteiger partial charge in [-0.05, 0) is 44.7 Å². The lowest BCUT2D eigenvalue weighted by Crippen LogP contribution is -2.29. The highest BCUT2D eigenvalue weighted by molar-refractivity contribution is 7.85. The van der Waals surface area contributed by atoms with Crippen molar-refractivity contribution in [2.75, 3.05) is 33.0 Å². The van der Waals surface area contributed by atoms with E-state index in [1.165, 1.54) is 128 Å². The number of unbranched alkanes of at least 4 members (excludes halogenated alkanes) is 16. The Balaban J connectivity index is 0.000000587. The van der Waals surface area contributed by atoms with E-state index in [-0.39, 0.29) is 11.0 Å². The Morgan fingerprint density at radius 2 is 1.32 bits per heavy atom. The van der Waals surface area contributed by atoms with E-state index in [0.717, 1.165) is 51.6 Å². The van der Waals surface area contributed by atoms with Crippen molar-refractivity contribution in [3.05, 3.63) is 46.9 Å². The third-order valence-electron chi connectivity index (χ3n) is 8.76. The molecular formula is C38H65NO6S2. The molecule has 7 nitrogen and oxygen atoms in total. The predicted octanol–water partition coefficient (Wildman–Crippen LogP) is 9.41. The molecule has 0 saturated carbocycles.